The summed E-state index contributed by atoms with van der Waals surface area (Å²) in [6, 6.07) is 12.8. The molecule has 1 heterocycles. The molecule has 0 unspecified atom stereocenters. The highest BCUT2D eigenvalue weighted by Gasteiger charge is 2.31. The van der Waals surface area contributed by atoms with E-state index in [0.717, 1.165) is 0 Å². The average molecular weight is 407 g/mol. The molecule has 0 aliphatic carbocycles. The quantitative estimate of drug-likeness (QED) is 0.731. The number of amides is 1. The van der Waals surface area contributed by atoms with Crippen molar-refractivity contribution in [1.29, 1.82) is 0 Å². The Kier molecular flexibility index (Phi) is 5.64. The minimum absolute atomic E-state index is 0.0843. The molecule has 6 nitrogen and oxygen atoms in total. The number of hydrogen-bond acceptors (Lipinski definition) is 4. The van der Waals surface area contributed by atoms with Crippen molar-refractivity contribution in [3.05, 3.63) is 64.7 Å². The average Bonchev–Trinajstić information content (AvgIpc) is 2.68. The van der Waals surface area contributed by atoms with Crippen molar-refractivity contribution in [3.8, 4) is 0 Å². The highest BCUT2D eigenvalue weighted by Crippen LogP contribution is 2.21. The van der Waals surface area contributed by atoms with Crippen LogP contribution in [0.5, 0.6) is 0 Å². The van der Waals surface area contributed by atoms with Gasteiger partial charge in [-0.3, -0.25) is 9.59 Å². The molecule has 142 valence electrons. The summed E-state index contributed by atoms with van der Waals surface area (Å²) in [7, 11) is -3.72. The lowest BCUT2D eigenvalue weighted by atomic mass is 10.2. The third-order valence-electron chi connectivity index (χ3n) is 4.51. The first-order valence-corrected chi connectivity index (χ1v) is 10.3. The van der Waals surface area contributed by atoms with E-state index in [0.29, 0.717) is 16.1 Å². The van der Waals surface area contributed by atoms with E-state index in [-0.39, 0.29) is 42.8 Å². The lowest BCUT2D eigenvalue weighted by Crippen LogP contribution is -2.50. The van der Waals surface area contributed by atoms with Crippen LogP contribution in [-0.4, -0.2) is 55.5 Å². The van der Waals surface area contributed by atoms with Crippen LogP contribution in [0.2, 0.25) is 5.02 Å². The van der Waals surface area contributed by atoms with Crippen LogP contribution < -0.4 is 0 Å². The molecule has 1 saturated heterocycles. The molecule has 1 aliphatic rings. The van der Waals surface area contributed by atoms with Gasteiger partial charge in [0.05, 0.1) is 15.5 Å². The monoisotopic (exact) mass is 406 g/mol. The molecule has 0 N–H and O–H groups in total. The van der Waals surface area contributed by atoms with E-state index >= 15 is 0 Å². The van der Waals surface area contributed by atoms with Gasteiger partial charge in [-0.1, -0.05) is 35.9 Å². The van der Waals surface area contributed by atoms with Crippen LogP contribution in [-0.2, 0) is 10.0 Å². The molecule has 0 atom stereocenters. The highest BCUT2D eigenvalue weighted by atomic mass is 35.5. The summed E-state index contributed by atoms with van der Waals surface area (Å²) in [6.45, 7) is 2.31. The number of carbonyl (C=O) groups is 2. The van der Waals surface area contributed by atoms with Crippen LogP contribution in [0.1, 0.15) is 27.6 Å². The van der Waals surface area contributed by atoms with E-state index in [4.69, 9.17) is 11.6 Å². The van der Waals surface area contributed by atoms with Gasteiger partial charge in [0.1, 0.15) is 0 Å². The molecule has 0 spiro atoms. The van der Waals surface area contributed by atoms with Crippen LogP contribution in [0.25, 0.3) is 0 Å². The molecule has 2 aromatic rings. The number of rotatable bonds is 4. The second-order valence-electron chi connectivity index (χ2n) is 6.26. The van der Waals surface area contributed by atoms with Gasteiger partial charge in [0.25, 0.3) is 5.91 Å². The zero-order valence-corrected chi connectivity index (χ0v) is 16.3. The maximum absolute atomic E-state index is 12.9. The molecule has 0 aromatic heterocycles. The normalized spacial score (nSPS) is 15.6. The molecular formula is C19H19ClN2O4S. The van der Waals surface area contributed by atoms with E-state index in [1.807, 2.05) is 0 Å². The van der Waals surface area contributed by atoms with Crippen molar-refractivity contribution in [2.75, 3.05) is 26.2 Å². The fourth-order valence-corrected chi connectivity index (χ4v) is 4.65. The molecule has 1 fully saturated rings. The van der Waals surface area contributed by atoms with Gasteiger partial charge in [-0.2, -0.15) is 4.31 Å². The molecule has 0 saturated carbocycles. The second-order valence-corrected chi connectivity index (χ2v) is 8.61. The summed E-state index contributed by atoms with van der Waals surface area (Å²) < 4.78 is 27.0. The number of Topliss-reactive ketones (excluding diaryl/α,β-unsaturated/α-hetero) is 1. The smallest absolute Gasteiger partial charge is 0.255 e. The third-order valence-corrected chi connectivity index (χ3v) is 6.73. The summed E-state index contributed by atoms with van der Waals surface area (Å²) in [5, 5.41) is 0.374. The Morgan fingerprint density at radius 3 is 2.26 bits per heavy atom. The molecule has 1 amide bonds. The van der Waals surface area contributed by atoms with Gasteiger partial charge < -0.3 is 4.90 Å². The zero-order valence-electron chi connectivity index (χ0n) is 14.8. The maximum Gasteiger partial charge on any atom is 0.255 e. The van der Waals surface area contributed by atoms with Gasteiger partial charge in [-0.05, 0) is 31.2 Å². The Morgan fingerprint density at radius 1 is 0.963 bits per heavy atom. The van der Waals surface area contributed by atoms with E-state index in [1.165, 1.54) is 23.4 Å². The fraction of sp³-hybridized carbons (Fsp3) is 0.263. The van der Waals surface area contributed by atoms with Crippen molar-refractivity contribution in [1.82, 2.24) is 9.21 Å². The minimum atomic E-state index is -3.72. The van der Waals surface area contributed by atoms with Gasteiger partial charge in [-0.25, -0.2) is 8.42 Å². The Bertz CT molecular complexity index is 983. The van der Waals surface area contributed by atoms with Crippen LogP contribution >= 0.6 is 11.6 Å². The number of sulfonamides is 1. The van der Waals surface area contributed by atoms with Crippen molar-refractivity contribution in [3.63, 3.8) is 0 Å². The van der Waals surface area contributed by atoms with E-state index < -0.39 is 10.0 Å². The first-order chi connectivity index (χ1) is 12.8. The van der Waals surface area contributed by atoms with E-state index in [9.17, 15) is 18.0 Å². The summed E-state index contributed by atoms with van der Waals surface area (Å²) in [6.07, 6.45) is 0. The number of hydrogen-bond donors (Lipinski definition) is 0. The van der Waals surface area contributed by atoms with Gasteiger partial charge in [0, 0.05) is 31.7 Å². The summed E-state index contributed by atoms with van der Waals surface area (Å²) >= 11 is 6.08. The van der Waals surface area contributed by atoms with Crippen LogP contribution in [0.4, 0.5) is 0 Å². The predicted molar refractivity (Wildman–Crippen MR) is 103 cm³/mol. The zero-order chi connectivity index (χ0) is 19.6. The predicted octanol–water partition coefficient (Wildman–Crippen LogP) is 2.69. The van der Waals surface area contributed by atoms with Crippen molar-refractivity contribution < 1.29 is 18.0 Å². The Hall–Kier alpha value is -2.22. The van der Waals surface area contributed by atoms with Gasteiger partial charge in [0.2, 0.25) is 10.0 Å². The minimum Gasteiger partial charge on any atom is -0.336 e. The van der Waals surface area contributed by atoms with Gasteiger partial charge in [0.15, 0.2) is 5.78 Å². The van der Waals surface area contributed by atoms with Crippen LogP contribution in [0.3, 0.4) is 0 Å². The molecule has 8 heteroatoms. The van der Waals surface area contributed by atoms with Gasteiger partial charge >= 0.3 is 0 Å². The number of ketones is 1. The summed E-state index contributed by atoms with van der Waals surface area (Å²) in [5.41, 5.74) is 0.758. The number of carbonyl (C=O) groups excluding carboxylic acids is 2. The third kappa shape index (κ3) is 4.05. The molecule has 0 radical (unpaired) electrons. The standard InChI is InChI=1S/C19H19ClN2O4S/c1-14(23)15-5-4-6-16(13-15)27(25,26)22-11-9-21(10-12-22)19(24)17-7-2-3-8-18(17)20/h2-8,13H,9-12H2,1H3. The molecule has 1 aliphatic heterocycles. The SMILES string of the molecule is CC(=O)c1cccc(S(=O)(=O)N2CCN(C(=O)c3ccccc3Cl)CC2)c1. The lowest BCUT2D eigenvalue weighted by molar-refractivity contribution is 0.0698. The first kappa shape index (κ1) is 19.5. The first-order valence-electron chi connectivity index (χ1n) is 8.45. The number of halogens is 1. The topological polar surface area (TPSA) is 74.8 Å². The number of benzene rings is 2. The molecule has 3 rings (SSSR count). The van der Waals surface area contributed by atoms with Crippen molar-refractivity contribution in [2.24, 2.45) is 0 Å². The van der Waals surface area contributed by atoms with E-state index in [2.05, 4.69) is 0 Å². The Labute approximate surface area is 163 Å². The Balaban J connectivity index is 1.73. The molecule has 2 aromatic carbocycles. The maximum atomic E-state index is 12.9. The largest absolute Gasteiger partial charge is 0.336 e. The molecule has 0 bridgehead atoms. The molecular weight excluding hydrogens is 388 g/mol. The summed E-state index contributed by atoms with van der Waals surface area (Å²) in [4.78, 5) is 25.8. The van der Waals surface area contributed by atoms with E-state index in [1.54, 1.807) is 41.3 Å². The fourth-order valence-electron chi connectivity index (χ4n) is 2.96. The van der Waals surface area contributed by atoms with Gasteiger partial charge in [-0.15, -0.1) is 0 Å². The number of nitrogens with zero attached hydrogens (tertiary/aromatic N) is 2. The Morgan fingerprint density at radius 2 is 1.63 bits per heavy atom. The second kappa shape index (κ2) is 7.80. The highest BCUT2D eigenvalue weighted by molar-refractivity contribution is 7.89. The lowest BCUT2D eigenvalue weighted by Gasteiger charge is -2.34. The van der Waals surface area contributed by atoms with Crippen LogP contribution in [0.15, 0.2) is 53.4 Å². The number of piperazine rings is 1. The molecule has 27 heavy (non-hydrogen) atoms. The van der Waals surface area contributed by atoms with Crippen molar-refractivity contribution in [2.45, 2.75) is 11.8 Å². The van der Waals surface area contributed by atoms with Crippen molar-refractivity contribution >= 4 is 33.3 Å². The van der Waals surface area contributed by atoms with Crippen LogP contribution in [0, 0.1) is 0 Å². The summed E-state index contributed by atoms with van der Waals surface area (Å²) in [5.74, 6) is -0.404.